The van der Waals surface area contributed by atoms with Gasteiger partial charge in [0.25, 0.3) is 10.1 Å². The predicted molar refractivity (Wildman–Crippen MR) is 108 cm³/mol. The number of aromatic nitrogens is 2. The third kappa shape index (κ3) is 4.23. The topological polar surface area (TPSA) is 92.5 Å². The Kier molecular flexibility index (Phi) is 5.25. The fourth-order valence-corrected chi connectivity index (χ4v) is 5.06. The Morgan fingerprint density at radius 2 is 1.97 bits per heavy atom. The number of carbonyl (C=O) groups excluding carboxylic acids is 1. The van der Waals surface area contributed by atoms with Crippen molar-refractivity contribution in [3.05, 3.63) is 48.5 Å². The molecule has 156 valence electrons. The van der Waals surface area contributed by atoms with E-state index in [1.165, 1.54) is 12.1 Å². The van der Waals surface area contributed by atoms with Crippen molar-refractivity contribution in [2.75, 3.05) is 6.54 Å². The van der Waals surface area contributed by atoms with E-state index < -0.39 is 10.1 Å². The molecule has 1 aromatic heterocycles. The summed E-state index contributed by atoms with van der Waals surface area (Å²) in [6.45, 7) is 2.91. The summed E-state index contributed by atoms with van der Waals surface area (Å²) in [5, 5.41) is 0. The molecule has 1 aromatic carbocycles. The molecule has 1 aliphatic carbocycles. The zero-order chi connectivity index (χ0) is 20.6. The SMILES string of the molecule is CC(CC(CC1(n2ccnc2)CC1)N1CCCC1=O)c1ccc(S(=O)(=O)O)cc1. The quantitative estimate of drug-likeness (QED) is 0.666. The van der Waals surface area contributed by atoms with Gasteiger partial charge in [0.1, 0.15) is 0 Å². The van der Waals surface area contributed by atoms with Gasteiger partial charge in [0.2, 0.25) is 5.91 Å². The normalized spacial score (nSPS) is 20.6. The Balaban J connectivity index is 1.53. The summed E-state index contributed by atoms with van der Waals surface area (Å²) in [5.41, 5.74) is 1.06. The average Bonchev–Trinajstić information content (AvgIpc) is 3.08. The predicted octanol–water partition coefficient (Wildman–Crippen LogP) is 3.19. The van der Waals surface area contributed by atoms with Crippen molar-refractivity contribution in [2.45, 2.75) is 67.8 Å². The Bertz CT molecular complexity index is 966. The van der Waals surface area contributed by atoms with Crippen LogP contribution in [0.5, 0.6) is 0 Å². The number of hydrogen-bond acceptors (Lipinski definition) is 4. The minimum absolute atomic E-state index is 0.0541. The zero-order valence-corrected chi connectivity index (χ0v) is 17.4. The molecule has 1 N–H and O–H groups in total. The molecule has 2 heterocycles. The van der Waals surface area contributed by atoms with Gasteiger partial charge in [0.05, 0.1) is 11.2 Å². The average molecular weight is 418 g/mol. The van der Waals surface area contributed by atoms with Crippen molar-refractivity contribution >= 4 is 16.0 Å². The van der Waals surface area contributed by atoms with Crippen LogP contribution in [0.25, 0.3) is 0 Å². The molecular weight excluding hydrogens is 390 g/mol. The van der Waals surface area contributed by atoms with Gasteiger partial charge in [-0.2, -0.15) is 8.42 Å². The first-order valence-electron chi connectivity index (χ1n) is 10.1. The summed E-state index contributed by atoms with van der Waals surface area (Å²) >= 11 is 0. The Hall–Kier alpha value is -2.19. The molecule has 1 aliphatic heterocycles. The fraction of sp³-hybridized carbons (Fsp3) is 0.524. The Labute approximate surface area is 171 Å². The van der Waals surface area contributed by atoms with Crippen molar-refractivity contribution in [1.82, 2.24) is 14.5 Å². The second-order valence-electron chi connectivity index (χ2n) is 8.42. The number of hydrogen-bond donors (Lipinski definition) is 1. The third-order valence-corrected chi connectivity index (χ3v) is 7.29. The van der Waals surface area contributed by atoms with Gasteiger partial charge in [-0.3, -0.25) is 9.35 Å². The lowest BCUT2D eigenvalue weighted by atomic mass is 9.89. The minimum atomic E-state index is -4.19. The first kappa shape index (κ1) is 20.1. The van der Waals surface area contributed by atoms with Crippen LogP contribution in [0.2, 0.25) is 0 Å². The smallest absolute Gasteiger partial charge is 0.294 e. The van der Waals surface area contributed by atoms with Crippen molar-refractivity contribution < 1.29 is 17.8 Å². The van der Waals surface area contributed by atoms with Gasteiger partial charge < -0.3 is 9.47 Å². The molecule has 2 unspecified atom stereocenters. The highest BCUT2D eigenvalue weighted by atomic mass is 32.2. The van der Waals surface area contributed by atoms with E-state index in [9.17, 15) is 17.8 Å². The second-order valence-corrected chi connectivity index (χ2v) is 9.85. The standard InChI is InChI=1S/C21H27N3O4S/c1-16(17-4-6-19(7-5-17)29(26,27)28)13-18(24-11-2-3-20(24)25)14-21(8-9-21)23-12-10-22-15-23/h4-7,10,12,15-16,18H,2-3,8-9,11,13-14H2,1H3,(H,26,27,28). The van der Waals surface area contributed by atoms with Crippen LogP contribution in [-0.4, -0.2) is 45.9 Å². The largest absolute Gasteiger partial charge is 0.340 e. The van der Waals surface area contributed by atoms with Crippen LogP contribution in [-0.2, 0) is 20.5 Å². The Morgan fingerprint density at radius 3 is 2.48 bits per heavy atom. The number of amides is 1. The maximum absolute atomic E-state index is 12.5. The molecule has 0 spiro atoms. The van der Waals surface area contributed by atoms with Crippen LogP contribution in [0.4, 0.5) is 0 Å². The molecular formula is C21H27N3O4S. The molecule has 0 bridgehead atoms. The van der Waals surface area contributed by atoms with Crippen LogP contribution < -0.4 is 0 Å². The number of carbonyl (C=O) groups is 1. The summed E-state index contributed by atoms with van der Waals surface area (Å²) in [6, 6.07) is 6.50. The van der Waals surface area contributed by atoms with E-state index in [4.69, 9.17) is 0 Å². The van der Waals surface area contributed by atoms with Crippen LogP contribution >= 0.6 is 0 Å². The second kappa shape index (κ2) is 7.57. The molecule has 0 radical (unpaired) electrons. The van der Waals surface area contributed by atoms with E-state index >= 15 is 0 Å². The van der Waals surface area contributed by atoms with Gasteiger partial charge in [-0.1, -0.05) is 19.1 Å². The van der Waals surface area contributed by atoms with Gasteiger partial charge in [-0.05, 0) is 55.7 Å². The number of benzene rings is 1. The number of rotatable bonds is 8. The van der Waals surface area contributed by atoms with E-state index in [-0.39, 0.29) is 28.3 Å². The summed E-state index contributed by atoms with van der Waals surface area (Å²) in [4.78, 5) is 18.6. The summed E-state index contributed by atoms with van der Waals surface area (Å²) in [5.74, 6) is 0.382. The monoisotopic (exact) mass is 417 g/mol. The van der Waals surface area contributed by atoms with Crippen LogP contribution in [0.3, 0.4) is 0 Å². The molecule has 1 saturated heterocycles. The van der Waals surface area contributed by atoms with Gasteiger partial charge in [-0.15, -0.1) is 0 Å². The minimum Gasteiger partial charge on any atom is -0.340 e. The van der Waals surface area contributed by atoms with Crippen molar-refractivity contribution in [3.63, 3.8) is 0 Å². The van der Waals surface area contributed by atoms with Crippen molar-refractivity contribution in [2.24, 2.45) is 0 Å². The maximum atomic E-state index is 12.5. The highest BCUT2D eigenvalue weighted by molar-refractivity contribution is 7.85. The van der Waals surface area contributed by atoms with E-state index in [1.807, 2.05) is 17.4 Å². The van der Waals surface area contributed by atoms with Crippen LogP contribution in [0.15, 0.2) is 47.9 Å². The number of imidazole rings is 1. The number of nitrogens with zero attached hydrogens (tertiary/aromatic N) is 3. The Morgan fingerprint density at radius 1 is 1.24 bits per heavy atom. The van der Waals surface area contributed by atoms with Crippen molar-refractivity contribution in [3.8, 4) is 0 Å². The molecule has 1 saturated carbocycles. The van der Waals surface area contributed by atoms with Crippen LogP contribution in [0, 0.1) is 0 Å². The van der Waals surface area contributed by atoms with Crippen LogP contribution in [0.1, 0.15) is 56.9 Å². The van der Waals surface area contributed by atoms with E-state index in [0.29, 0.717) is 6.42 Å². The van der Waals surface area contributed by atoms with Crippen molar-refractivity contribution in [1.29, 1.82) is 0 Å². The molecule has 2 atom stereocenters. The highest BCUT2D eigenvalue weighted by Gasteiger charge is 2.47. The summed E-state index contributed by atoms with van der Waals surface area (Å²) < 4.78 is 33.9. The fourth-order valence-electron chi connectivity index (χ4n) is 4.58. The number of likely N-dealkylation sites (tertiary alicyclic amines) is 1. The molecule has 2 fully saturated rings. The summed E-state index contributed by atoms with van der Waals surface area (Å²) in [6.07, 6.45) is 11.1. The molecule has 7 nitrogen and oxygen atoms in total. The molecule has 1 amide bonds. The molecule has 29 heavy (non-hydrogen) atoms. The lowest BCUT2D eigenvalue weighted by molar-refractivity contribution is -0.130. The molecule has 2 aliphatic rings. The van der Waals surface area contributed by atoms with Gasteiger partial charge >= 0.3 is 0 Å². The van der Waals surface area contributed by atoms with E-state index in [2.05, 4.69) is 16.5 Å². The van der Waals surface area contributed by atoms with Gasteiger partial charge in [-0.25, -0.2) is 4.98 Å². The molecule has 2 aromatic rings. The molecule has 8 heteroatoms. The first-order valence-corrected chi connectivity index (χ1v) is 11.6. The lowest BCUT2D eigenvalue weighted by Crippen LogP contribution is -2.40. The highest BCUT2D eigenvalue weighted by Crippen LogP contribution is 2.49. The maximum Gasteiger partial charge on any atom is 0.294 e. The zero-order valence-electron chi connectivity index (χ0n) is 16.6. The lowest BCUT2D eigenvalue weighted by Gasteiger charge is -2.33. The first-order chi connectivity index (χ1) is 13.8. The third-order valence-electron chi connectivity index (χ3n) is 6.42. The molecule has 4 rings (SSSR count). The van der Waals surface area contributed by atoms with Gasteiger partial charge in [0.15, 0.2) is 0 Å². The van der Waals surface area contributed by atoms with E-state index in [0.717, 1.165) is 44.2 Å². The van der Waals surface area contributed by atoms with Gasteiger partial charge in [0, 0.05) is 36.9 Å². The van der Waals surface area contributed by atoms with E-state index in [1.54, 1.807) is 18.3 Å². The summed E-state index contributed by atoms with van der Waals surface area (Å²) in [7, 11) is -4.19.